The third-order valence-electron chi connectivity index (χ3n) is 7.65. The number of hydrogen-bond acceptors (Lipinski definition) is 4. The molecule has 41 heavy (non-hydrogen) atoms. The van der Waals surface area contributed by atoms with E-state index in [0.717, 1.165) is 16.7 Å². The Balaban J connectivity index is 1.37. The molecule has 3 aromatic rings. The van der Waals surface area contributed by atoms with Gasteiger partial charge in [-0.3, -0.25) is 4.79 Å². The standard InChI is InChI=1S/C32H38ClFN2O4S/c1-21-7-9-25(32(3,4)5)18-30(21)41(38,39)36-15-13-23(14-16-36)31(37)35(6)20-24-8-10-27(19-28(24)33)40-26-11-12-29(34)22(2)17-26/h7-12,17-19,23H,13-16,20H2,1-6H3. The number of piperidine rings is 1. The number of benzene rings is 3. The Morgan fingerprint density at radius 3 is 2.24 bits per heavy atom. The van der Waals surface area contributed by atoms with Crippen LogP contribution in [-0.4, -0.2) is 43.7 Å². The van der Waals surface area contributed by atoms with Gasteiger partial charge in [0.05, 0.1) is 4.90 Å². The molecule has 0 aromatic heterocycles. The summed E-state index contributed by atoms with van der Waals surface area (Å²) in [7, 11) is -1.94. The Labute approximate surface area is 248 Å². The minimum atomic E-state index is -3.67. The number of hydrogen-bond donors (Lipinski definition) is 0. The molecule has 1 amide bonds. The second-order valence-electron chi connectivity index (χ2n) is 11.9. The summed E-state index contributed by atoms with van der Waals surface area (Å²) >= 11 is 6.51. The van der Waals surface area contributed by atoms with Gasteiger partial charge in [0.2, 0.25) is 15.9 Å². The van der Waals surface area contributed by atoms with Crippen molar-refractivity contribution >= 4 is 27.5 Å². The number of sulfonamides is 1. The molecule has 1 fully saturated rings. The van der Waals surface area contributed by atoms with E-state index in [-0.39, 0.29) is 23.1 Å². The highest BCUT2D eigenvalue weighted by Crippen LogP contribution is 2.32. The fourth-order valence-corrected chi connectivity index (χ4v) is 6.96. The summed E-state index contributed by atoms with van der Waals surface area (Å²) in [5, 5.41) is 0.453. The van der Waals surface area contributed by atoms with Crippen LogP contribution in [0.15, 0.2) is 59.5 Å². The van der Waals surface area contributed by atoms with Gasteiger partial charge >= 0.3 is 0 Å². The first-order chi connectivity index (χ1) is 19.2. The zero-order valence-electron chi connectivity index (χ0n) is 24.5. The van der Waals surface area contributed by atoms with Crippen LogP contribution in [0.4, 0.5) is 4.39 Å². The number of ether oxygens (including phenoxy) is 1. The SMILES string of the molecule is Cc1cc(Oc2ccc(CN(C)C(=O)C3CCN(S(=O)(=O)c4cc(C(C)(C)C)ccc4C)CC3)c(Cl)c2)ccc1F. The monoisotopic (exact) mass is 600 g/mol. The molecule has 1 saturated heterocycles. The zero-order chi connectivity index (χ0) is 30.1. The van der Waals surface area contributed by atoms with Crippen LogP contribution in [0.2, 0.25) is 5.02 Å². The molecular formula is C32H38ClFN2O4S. The highest BCUT2D eigenvalue weighted by molar-refractivity contribution is 7.89. The third-order valence-corrected chi connectivity index (χ3v) is 10.0. The van der Waals surface area contributed by atoms with Gasteiger partial charge in [0.25, 0.3) is 0 Å². The van der Waals surface area contributed by atoms with Crippen molar-refractivity contribution in [3.63, 3.8) is 0 Å². The van der Waals surface area contributed by atoms with Crippen LogP contribution < -0.4 is 4.74 Å². The smallest absolute Gasteiger partial charge is 0.243 e. The lowest BCUT2D eigenvalue weighted by Crippen LogP contribution is -2.43. The van der Waals surface area contributed by atoms with E-state index in [1.165, 1.54) is 10.4 Å². The van der Waals surface area contributed by atoms with E-state index in [9.17, 15) is 17.6 Å². The predicted molar refractivity (Wildman–Crippen MR) is 160 cm³/mol. The molecule has 3 aromatic carbocycles. The lowest BCUT2D eigenvalue weighted by Gasteiger charge is -2.33. The van der Waals surface area contributed by atoms with Crippen molar-refractivity contribution in [1.29, 1.82) is 0 Å². The molecule has 1 aliphatic rings. The molecular weight excluding hydrogens is 563 g/mol. The molecule has 0 spiro atoms. The first-order valence-electron chi connectivity index (χ1n) is 13.8. The van der Waals surface area contributed by atoms with Crippen LogP contribution >= 0.6 is 11.6 Å². The highest BCUT2D eigenvalue weighted by Gasteiger charge is 2.34. The van der Waals surface area contributed by atoms with Gasteiger partial charge in [-0.15, -0.1) is 0 Å². The van der Waals surface area contributed by atoms with Crippen molar-refractivity contribution in [3.8, 4) is 11.5 Å². The summed E-state index contributed by atoms with van der Waals surface area (Å²) in [6, 6.07) is 15.4. The maximum atomic E-state index is 13.5. The maximum Gasteiger partial charge on any atom is 0.243 e. The van der Waals surface area contributed by atoms with Crippen LogP contribution in [0, 0.1) is 25.6 Å². The van der Waals surface area contributed by atoms with Gasteiger partial charge in [-0.2, -0.15) is 4.31 Å². The highest BCUT2D eigenvalue weighted by atomic mass is 35.5. The predicted octanol–water partition coefficient (Wildman–Crippen LogP) is 7.25. The normalized spacial score (nSPS) is 15.1. The second kappa shape index (κ2) is 12.1. The van der Waals surface area contributed by atoms with Gasteiger partial charge in [0, 0.05) is 37.6 Å². The summed E-state index contributed by atoms with van der Waals surface area (Å²) in [5.41, 5.74) is 2.77. The third kappa shape index (κ3) is 7.11. The van der Waals surface area contributed by atoms with Crippen molar-refractivity contribution < 1.29 is 22.3 Å². The van der Waals surface area contributed by atoms with Gasteiger partial charge in [0.1, 0.15) is 17.3 Å². The van der Waals surface area contributed by atoms with Gasteiger partial charge in [-0.1, -0.05) is 50.6 Å². The molecule has 0 bridgehead atoms. The summed E-state index contributed by atoms with van der Waals surface area (Å²) < 4.78 is 47.9. The number of halogens is 2. The van der Waals surface area contributed by atoms with Crippen LogP contribution in [0.1, 0.15) is 55.9 Å². The number of carbonyl (C=O) groups excluding carboxylic acids is 1. The number of nitrogens with zero attached hydrogens (tertiary/aromatic N) is 2. The Morgan fingerprint density at radius 1 is 1.00 bits per heavy atom. The number of amides is 1. The van der Waals surface area contributed by atoms with E-state index in [2.05, 4.69) is 20.8 Å². The summed E-state index contributed by atoms with van der Waals surface area (Å²) in [5.74, 6) is 0.412. The molecule has 0 atom stereocenters. The van der Waals surface area contributed by atoms with E-state index < -0.39 is 10.0 Å². The lowest BCUT2D eigenvalue weighted by molar-refractivity contribution is -0.135. The van der Waals surface area contributed by atoms with Crippen molar-refractivity contribution in [3.05, 3.63) is 87.7 Å². The first-order valence-corrected chi connectivity index (χ1v) is 15.6. The van der Waals surface area contributed by atoms with Crippen LogP contribution in [-0.2, 0) is 26.8 Å². The molecule has 9 heteroatoms. The van der Waals surface area contributed by atoms with Gasteiger partial charge in [0.15, 0.2) is 0 Å². The first kappa shape index (κ1) is 31.0. The molecule has 0 aliphatic carbocycles. The number of carbonyl (C=O) groups is 1. The molecule has 0 radical (unpaired) electrons. The molecule has 0 N–H and O–H groups in total. The largest absolute Gasteiger partial charge is 0.457 e. The molecule has 6 nitrogen and oxygen atoms in total. The van der Waals surface area contributed by atoms with Gasteiger partial charge in [-0.25, -0.2) is 12.8 Å². The summed E-state index contributed by atoms with van der Waals surface area (Å²) in [6.07, 6.45) is 0.913. The quantitative estimate of drug-likeness (QED) is 0.287. The fourth-order valence-electron chi connectivity index (χ4n) is 5.01. The Kier molecular flexibility index (Phi) is 9.16. The van der Waals surface area contributed by atoms with E-state index in [1.807, 2.05) is 19.1 Å². The Hall–Kier alpha value is -2.94. The molecule has 0 unspecified atom stereocenters. The lowest BCUT2D eigenvalue weighted by atomic mass is 9.87. The van der Waals surface area contributed by atoms with Crippen LogP contribution in [0.5, 0.6) is 11.5 Å². The van der Waals surface area contributed by atoms with Crippen LogP contribution in [0.25, 0.3) is 0 Å². The molecule has 220 valence electrons. The second-order valence-corrected chi connectivity index (χ2v) is 14.2. The van der Waals surface area contributed by atoms with E-state index in [4.69, 9.17) is 16.3 Å². The van der Waals surface area contributed by atoms with Crippen molar-refractivity contribution in [1.82, 2.24) is 9.21 Å². The topological polar surface area (TPSA) is 66.9 Å². The Bertz CT molecular complexity index is 1540. The maximum absolute atomic E-state index is 13.5. The fraction of sp³-hybridized carbons (Fsp3) is 0.406. The average molecular weight is 601 g/mol. The minimum Gasteiger partial charge on any atom is -0.457 e. The molecule has 0 saturated carbocycles. The van der Waals surface area contributed by atoms with Gasteiger partial charge < -0.3 is 9.64 Å². The molecule has 1 aliphatic heterocycles. The number of aryl methyl sites for hydroxylation is 2. The van der Waals surface area contributed by atoms with Gasteiger partial charge in [-0.05, 0) is 90.8 Å². The number of rotatable bonds is 7. The zero-order valence-corrected chi connectivity index (χ0v) is 26.1. The summed E-state index contributed by atoms with van der Waals surface area (Å²) in [6.45, 7) is 10.6. The van der Waals surface area contributed by atoms with Crippen molar-refractivity contribution in [2.75, 3.05) is 20.1 Å². The van der Waals surface area contributed by atoms with E-state index in [1.54, 1.807) is 55.3 Å². The van der Waals surface area contributed by atoms with Crippen molar-refractivity contribution in [2.45, 2.75) is 64.3 Å². The van der Waals surface area contributed by atoms with E-state index in [0.29, 0.717) is 59.5 Å². The average Bonchev–Trinajstić information content (AvgIpc) is 2.91. The van der Waals surface area contributed by atoms with Crippen LogP contribution in [0.3, 0.4) is 0 Å². The van der Waals surface area contributed by atoms with Crippen molar-refractivity contribution in [2.24, 2.45) is 5.92 Å². The van der Waals surface area contributed by atoms with E-state index >= 15 is 0 Å². The molecule has 4 rings (SSSR count). The summed E-state index contributed by atoms with van der Waals surface area (Å²) in [4.78, 5) is 15.2. The Morgan fingerprint density at radius 2 is 1.63 bits per heavy atom. The molecule has 1 heterocycles. The minimum absolute atomic E-state index is 0.0360.